The molecule has 0 saturated carbocycles. The van der Waals surface area contributed by atoms with Crippen molar-refractivity contribution in [3.63, 3.8) is 0 Å². The highest BCUT2D eigenvalue weighted by molar-refractivity contribution is 5.62. The Balaban J connectivity index is 1.74. The molecule has 2 heterocycles. The molecule has 0 unspecified atom stereocenters. The van der Waals surface area contributed by atoms with Crippen LogP contribution in [0.3, 0.4) is 0 Å². The van der Waals surface area contributed by atoms with Crippen LogP contribution in [0, 0.1) is 0 Å². The van der Waals surface area contributed by atoms with Gasteiger partial charge in [0.25, 0.3) is 0 Å². The molecular formula is C15H13F3N6O. The van der Waals surface area contributed by atoms with Crippen molar-refractivity contribution in [2.75, 3.05) is 10.7 Å². The van der Waals surface area contributed by atoms with E-state index in [2.05, 4.69) is 19.6 Å². The Morgan fingerprint density at radius 2 is 1.84 bits per heavy atom. The summed E-state index contributed by atoms with van der Waals surface area (Å²) < 4.78 is 41.7. The van der Waals surface area contributed by atoms with Crippen molar-refractivity contribution in [3.05, 3.63) is 54.0 Å². The lowest BCUT2D eigenvalue weighted by molar-refractivity contribution is -0.159. The van der Waals surface area contributed by atoms with Crippen LogP contribution in [0.15, 0.2) is 47.1 Å². The molecule has 0 radical (unpaired) electrons. The maximum Gasteiger partial charge on any atom is 0.471 e. The van der Waals surface area contributed by atoms with Gasteiger partial charge in [-0.25, -0.2) is 10.8 Å². The van der Waals surface area contributed by atoms with Gasteiger partial charge in [-0.3, -0.25) is 0 Å². The van der Waals surface area contributed by atoms with Gasteiger partial charge in [0.15, 0.2) is 0 Å². The molecule has 0 saturated heterocycles. The van der Waals surface area contributed by atoms with Crippen LogP contribution < -0.4 is 16.6 Å². The SMILES string of the molecule is Nc1ncccc1N(N)Cc1ccc(-c2noc(C(F)(F)F)n2)cc1. The fourth-order valence-electron chi connectivity index (χ4n) is 2.15. The van der Waals surface area contributed by atoms with Gasteiger partial charge < -0.3 is 15.3 Å². The van der Waals surface area contributed by atoms with Gasteiger partial charge in [0, 0.05) is 11.8 Å². The van der Waals surface area contributed by atoms with Gasteiger partial charge in [-0.15, -0.1) is 0 Å². The van der Waals surface area contributed by atoms with Crippen LogP contribution >= 0.6 is 0 Å². The van der Waals surface area contributed by atoms with Gasteiger partial charge in [-0.05, 0) is 17.7 Å². The summed E-state index contributed by atoms with van der Waals surface area (Å²) in [6, 6.07) is 10.0. The molecule has 3 rings (SSSR count). The Bertz CT molecular complexity index is 862. The molecule has 0 aliphatic rings. The lowest BCUT2D eigenvalue weighted by Crippen LogP contribution is -2.30. The number of aromatic nitrogens is 3. The Hall–Kier alpha value is -3.14. The van der Waals surface area contributed by atoms with Crippen molar-refractivity contribution in [2.45, 2.75) is 12.7 Å². The van der Waals surface area contributed by atoms with Gasteiger partial charge in [0.1, 0.15) is 5.82 Å². The van der Waals surface area contributed by atoms with Crippen LogP contribution in [-0.2, 0) is 12.7 Å². The minimum Gasteiger partial charge on any atom is -0.382 e. The third-order valence-corrected chi connectivity index (χ3v) is 3.36. The molecule has 0 bridgehead atoms. The number of benzene rings is 1. The van der Waals surface area contributed by atoms with Crippen molar-refractivity contribution >= 4 is 11.5 Å². The maximum atomic E-state index is 12.5. The van der Waals surface area contributed by atoms with E-state index in [1.807, 2.05) is 0 Å². The molecule has 2 aromatic heterocycles. The molecule has 0 amide bonds. The van der Waals surface area contributed by atoms with Crippen molar-refractivity contribution in [2.24, 2.45) is 5.84 Å². The summed E-state index contributed by atoms with van der Waals surface area (Å²) in [7, 11) is 0. The summed E-state index contributed by atoms with van der Waals surface area (Å²) >= 11 is 0. The minimum absolute atomic E-state index is 0.139. The summed E-state index contributed by atoms with van der Waals surface area (Å²) in [6.07, 6.45) is -3.11. The topological polar surface area (TPSA) is 107 Å². The second kappa shape index (κ2) is 6.40. The summed E-state index contributed by atoms with van der Waals surface area (Å²) in [5.74, 6) is 4.75. The van der Waals surface area contributed by atoms with Crippen LogP contribution in [-0.4, -0.2) is 15.1 Å². The van der Waals surface area contributed by atoms with E-state index in [4.69, 9.17) is 11.6 Å². The van der Waals surface area contributed by atoms with Gasteiger partial charge in [0.05, 0.1) is 12.2 Å². The first-order valence-corrected chi connectivity index (χ1v) is 7.07. The Morgan fingerprint density at radius 1 is 1.12 bits per heavy atom. The molecule has 7 nitrogen and oxygen atoms in total. The lowest BCUT2D eigenvalue weighted by Gasteiger charge is -2.19. The van der Waals surface area contributed by atoms with Gasteiger partial charge in [-0.1, -0.05) is 29.4 Å². The smallest absolute Gasteiger partial charge is 0.382 e. The third kappa shape index (κ3) is 3.69. The summed E-state index contributed by atoms with van der Waals surface area (Å²) in [4.78, 5) is 7.29. The van der Waals surface area contributed by atoms with E-state index < -0.39 is 12.1 Å². The quantitative estimate of drug-likeness (QED) is 0.550. The first-order valence-electron chi connectivity index (χ1n) is 7.07. The number of hydrogen-bond acceptors (Lipinski definition) is 7. The number of halogens is 3. The van der Waals surface area contributed by atoms with Crippen molar-refractivity contribution in [1.29, 1.82) is 0 Å². The monoisotopic (exact) mass is 350 g/mol. The van der Waals surface area contributed by atoms with Gasteiger partial charge in [0.2, 0.25) is 5.82 Å². The first kappa shape index (κ1) is 16.7. The Morgan fingerprint density at radius 3 is 2.44 bits per heavy atom. The predicted octanol–water partition coefficient (Wildman–Crippen LogP) is 2.61. The molecular weight excluding hydrogens is 337 g/mol. The second-order valence-electron chi connectivity index (χ2n) is 5.15. The van der Waals surface area contributed by atoms with E-state index in [1.54, 1.807) is 42.6 Å². The van der Waals surface area contributed by atoms with Crippen molar-refractivity contribution in [1.82, 2.24) is 15.1 Å². The van der Waals surface area contributed by atoms with Crippen LogP contribution in [0.5, 0.6) is 0 Å². The number of nitrogens with zero attached hydrogens (tertiary/aromatic N) is 4. The number of anilines is 2. The number of hydrazine groups is 1. The van der Waals surface area contributed by atoms with E-state index in [0.717, 1.165) is 5.56 Å². The number of rotatable bonds is 4. The van der Waals surface area contributed by atoms with Gasteiger partial charge in [-0.2, -0.15) is 18.2 Å². The van der Waals surface area contributed by atoms with E-state index in [-0.39, 0.29) is 5.82 Å². The van der Waals surface area contributed by atoms with Crippen molar-refractivity contribution in [3.8, 4) is 11.4 Å². The Labute approximate surface area is 140 Å². The normalized spacial score (nSPS) is 11.5. The maximum absolute atomic E-state index is 12.5. The van der Waals surface area contributed by atoms with E-state index >= 15 is 0 Å². The number of hydrogen-bond donors (Lipinski definition) is 2. The van der Waals surface area contributed by atoms with Crippen LogP contribution in [0.4, 0.5) is 24.7 Å². The largest absolute Gasteiger partial charge is 0.471 e. The molecule has 0 aliphatic carbocycles. The second-order valence-corrected chi connectivity index (χ2v) is 5.15. The molecule has 130 valence electrons. The number of nitrogens with two attached hydrogens (primary N) is 2. The molecule has 0 aliphatic heterocycles. The first-order chi connectivity index (χ1) is 11.8. The zero-order valence-corrected chi connectivity index (χ0v) is 12.7. The fourth-order valence-corrected chi connectivity index (χ4v) is 2.15. The number of alkyl halides is 3. The zero-order chi connectivity index (χ0) is 18.0. The standard InChI is InChI=1S/C15H13F3N6O/c16-15(17,18)14-22-13(23-25-14)10-5-3-9(4-6-10)8-24(20)11-2-1-7-21-12(11)19/h1-7H,8,20H2,(H2,19,21). The van der Waals surface area contributed by atoms with E-state index in [1.165, 1.54) is 5.01 Å². The van der Waals surface area contributed by atoms with Gasteiger partial charge >= 0.3 is 12.1 Å². The molecule has 0 spiro atoms. The summed E-state index contributed by atoms with van der Waals surface area (Å²) in [5.41, 5.74) is 7.54. The average molecular weight is 350 g/mol. The molecule has 10 heteroatoms. The number of nitrogen functional groups attached to an aromatic ring is 1. The molecule has 1 aromatic carbocycles. The van der Waals surface area contributed by atoms with Crippen LogP contribution in [0.25, 0.3) is 11.4 Å². The van der Waals surface area contributed by atoms with E-state index in [9.17, 15) is 13.2 Å². The number of pyridine rings is 1. The minimum atomic E-state index is -4.67. The Kier molecular flexibility index (Phi) is 4.28. The predicted molar refractivity (Wildman–Crippen MR) is 83.8 cm³/mol. The molecule has 0 fully saturated rings. The molecule has 25 heavy (non-hydrogen) atoms. The molecule has 0 atom stereocenters. The molecule has 4 N–H and O–H groups in total. The fraction of sp³-hybridized carbons (Fsp3) is 0.133. The van der Waals surface area contributed by atoms with E-state index in [0.29, 0.717) is 23.6 Å². The highest BCUT2D eigenvalue weighted by Crippen LogP contribution is 2.29. The highest BCUT2D eigenvalue weighted by Gasteiger charge is 2.38. The van der Waals surface area contributed by atoms with Crippen LogP contribution in [0.1, 0.15) is 11.5 Å². The summed E-state index contributed by atoms with van der Waals surface area (Å²) in [5, 5.41) is 4.76. The van der Waals surface area contributed by atoms with Crippen molar-refractivity contribution < 1.29 is 17.7 Å². The molecule has 3 aromatic rings. The third-order valence-electron chi connectivity index (χ3n) is 3.36. The lowest BCUT2D eigenvalue weighted by atomic mass is 10.1. The zero-order valence-electron chi connectivity index (χ0n) is 12.7. The highest BCUT2D eigenvalue weighted by atomic mass is 19.4. The summed E-state index contributed by atoms with van der Waals surface area (Å²) in [6.45, 7) is 0.330. The van der Waals surface area contributed by atoms with Crippen LogP contribution in [0.2, 0.25) is 0 Å². The average Bonchev–Trinajstić information content (AvgIpc) is 3.06.